The van der Waals surface area contributed by atoms with Gasteiger partial charge in [0, 0.05) is 32.9 Å². The largest absolute Gasteiger partial charge is 0.461 e. The van der Waals surface area contributed by atoms with Gasteiger partial charge in [-0.05, 0) is 51.7 Å². The first-order valence-corrected chi connectivity index (χ1v) is 23.1. The molecule has 0 bridgehead atoms. The molecule has 1 aliphatic heterocycles. The summed E-state index contributed by atoms with van der Waals surface area (Å²) in [7, 11) is -2.64. The summed E-state index contributed by atoms with van der Waals surface area (Å²) in [5.41, 5.74) is 4.09. The average molecular weight is 825 g/mol. The Bertz CT molecular complexity index is 1950. The molecule has 1 saturated heterocycles. The number of hydrogen-bond donors (Lipinski definition) is 2. The van der Waals surface area contributed by atoms with E-state index in [2.05, 4.69) is 84.9 Å². The Labute approximate surface area is 349 Å². The second-order valence-electron chi connectivity index (χ2n) is 17.3. The van der Waals surface area contributed by atoms with Crippen LogP contribution in [0.5, 0.6) is 0 Å². The van der Waals surface area contributed by atoms with Crippen molar-refractivity contribution in [1.29, 1.82) is 0 Å². The van der Waals surface area contributed by atoms with Gasteiger partial charge in [0.25, 0.3) is 8.32 Å². The number of likely N-dealkylation sites (tertiary alicyclic amines) is 1. The summed E-state index contributed by atoms with van der Waals surface area (Å²) >= 11 is 1.58. The quantitative estimate of drug-likeness (QED) is 0.0713. The molecule has 58 heavy (non-hydrogen) atoms. The van der Waals surface area contributed by atoms with Gasteiger partial charge in [-0.2, -0.15) is 0 Å². The number of esters is 1. The van der Waals surface area contributed by atoms with Gasteiger partial charge in [-0.1, -0.05) is 133 Å². The van der Waals surface area contributed by atoms with Crippen molar-refractivity contribution >= 4 is 53.7 Å². The first-order chi connectivity index (χ1) is 27.5. The number of nitrogens with zero attached hydrogens (tertiary/aromatic N) is 2. The van der Waals surface area contributed by atoms with Gasteiger partial charge in [0.05, 0.1) is 22.6 Å². The number of unbranched alkanes of at least 4 members (excludes halogenated alkanes) is 2. The third-order valence-corrected chi connectivity index (χ3v) is 16.8. The van der Waals surface area contributed by atoms with Crippen molar-refractivity contribution in [2.75, 3.05) is 13.2 Å². The van der Waals surface area contributed by atoms with Crippen LogP contribution >= 0.6 is 11.3 Å². The highest BCUT2D eigenvalue weighted by Crippen LogP contribution is 2.37. The minimum absolute atomic E-state index is 0.0627. The summed E-state index contributed by atoms with van der Waals surface area (Å²) in [6.07, 6.45) is 1.99. The summed E-state index contributed by atoms with van der Waals surface area (Å²) in [5, 5.41) is 8.34. The van der Waals surface area contributed by atoms with E-state index in [1.165, 1.54) is 22.2 Å². The molecule has 3 aromatic carbocycles. The van der Waals surface area contributed by atoms with E-state index in [9.17, 15) is 19.2 Å². The Hall–Kier alpha value is -4.65. The fraction of sp³-hybridized carbons (Fsp3) is 0.457. The number of aromatic nitrogens is 1. The Morgan fingerprint density at radius 2 is 1.50 bits per heavy atom. The molecule has 1 aliphatic rings. The Morgan fingerprint density at radius 3 is 2.03 bits per heavy atom. The topological polar surface area (TPSA) is 127 Å². The SMILES string of the molecule is CC(=O)O[C@@H]1C[C@@H](C(=O)NCc2ccc(-c3scnc3C)cc2)N(C(=O)C(NC(=O)CCCCCO[Si](c2ccccc2)(c2ccccc2)C(C)(C)C)C(C)(C)C)C1. The van der Waals surface area contributed by atoms with Crippen molar-refractivity contribution in [2.24, 2.45) is 5.41 Å². The van der Waals surface area contributed by atoms with Gasteiger partial charge in [-0.25, -0.2) is 4.98 Å². The first kappa shape index (κ1) is 44.4. The van der Waals surface area contributed by atoms with E-state index in [1.54, 1.807) is 11.3 Å². The van der Waals surface area contributed by atoms with Crippen LogP contribution in [0.2, 0.25) is 5.04 Å². The lowest BCUT2D eigenvalue weighted by Crippen LogP contribution is -2.66. The zero-order chi connectivity index (χ0) is 42.1. The van der Waals surface area contributed by atoms with Crippen molar-refractivity contribution in [3.8, 4) is 10.4 Å². The number of amides is 3. The number of hydrogen-bond acceptors (Lipinski definition) is 8. The number of aryl methyl sites for hydroxylation is 1. The number of thiazole rings is 1. The van der Waals surface area contributed by atoms with Crippen molar-refractivity contribution in [3.05, 3.63) is 102 Å². The minimum atomic E-state index is -2.64. The molecule has 0 radical (unpaired) electrons. The van der Waals surface area contributed by atoms with Gasteiger partial charge in [0.15, 0.2) is 0 Å². The van der Waals surface area contributed by atoms with Crippen LogP contribution in [-0.4, -0.2) is 73.2 Å². The molecule has 0 spiro atoms. The second-order valence-corrected chi connectivity index (χ2v) is 22.5. The zero-order valence-corrected chi connectivity index (χ0v) is 37.1. The fourth-order valence-corrected chi connectivity index (χ4v) is 13.3. The van der Waals surface area contributed by atoms with Crippen LogP contribution in [0.3, 0.4) is 0 Å². The van der Waals surface area contributed by atoms with Gasteiger partial charge in [-0.15, -0.1) is 11.3 Å². The predicted molar refractivity (Wildman–Crippen MR) is 233 cm³/mol. The van der Waals surface area contributed by atoms with E-state index in [0.29, 0.717) is 13.0 Å². The number of carbonyl (C=O) groups is 4. The van der Waals surface area contributed by atoms with E-state index >= 15 is 0 Å². The summed E-state index contributed by atoms with van der Waals surface area (Å²) in [6, 6.07) is 27.3. The lowest BCUT2D eigenvalue weighted by atomic mass is 9.85. The Kier molecular flexibility index (Phi) is 14.9. The van der Waals surface area contributed by atoms with Gasteiger partial charge in [-0.3, -0.25) is 19.2 Å². The molecular formula is C46H60N4O6SSi. The molecule has 12 heteroatoms. The summed E-state index contributed by atoms with van der Waals surface area (Å²) in [5.74, 6) is -1.43. The summed E-state index contributed by atoms with van der Waals surface area (Å²) < 4.78 is 12.5. The highest BCUT2D eigenvalue weighted by atomic mass is 32.1. The van der Waals surface area contributed by atoms with E-state index in [0.717, 1.165) is 34.5 Å². The number of carbonyl (C=O) groups excluding carboxylic acids is 4. The number of benzene rings is 3. The van der Waals surface area contributed by atoms with Crippen LogP contribution in [0, 0.1) is 12.3 Å². The normalized spacial score (nSPS) is 16.4. The molecule has 3 atom stereocenters. The maximum absolute atomic E-state index is 14.3. The fourth-order valence-electron chi connectivity index (χ4n) is 7.87. The van der Waals surface area contributed by atoms with E-state index < -0.39 is 37.9 Å². The molecule has 2 heterocycles. The number of nitrogens with one attached hydrogen (secondary N) is 2. The zero-order valence-electron chi connectivity index (χ0n) is 35.3. The predicted octanol–water partition coefficient (Wildman–Crippen LogP) is 6.94. The van der Waals surface area contributed by atoms with Crippen molar-refractivity contribution < 1.29 is 28.3 Å². The maximum atomic E-state index is 14.3. The van der Waals surface area contributed by atoms with E-state index in [1.807, 2.05) is 69.6 Å². The molecule has 5 rings (SSSR count). The lowest BCUT2D eigenvalue weighted by molar-refractivity contribution is -0.147. The molecule has 0 saturated carbocycles. The monoisotopic (exact) mass is 824 g/mol. The number of rotatable bonds is 16. The average Bonchev–Trinajstić information content (AvgIpc) is 3.81. The molecule has 0 aliphatic carbocycles. The molecule has 1 unspecified atom stereocenters. The van der Waals surface area contributed by atoms with Gasteiger partial charge in [0.2, 0.25) is 17.7 Å². The Morgan fingerprint density at radius 1 is 0.879 bits per heavy atom. The molecular weight excluding hydrogens is 765 g/mol. The smallest absolute Gasteiger partial charge is 0.302 e. The van der Waals surface area contributed by atoms with Crippen LogP contribution in [0.25, 0.3) is 10.4 Å². The van der Waals surface area contributed by atoms with Crippen LogP contribution in [0.1, 0.15) is 91.8 Å². The van der Waals surface area contributed by atoms with Gasteiger partial charge >= 0.3 is 5.97 Å². The molecule has 3 amide bonds. The van der Waals surface area contributed by atoms with E-state index in [4.69, 9.17) is 9.16 Å². The highest BCUT2D eigenvalue weighted by molar-refractivity contribution is 7.13. The van der Waals surface area contributed by atoms with Crippen LogP contribution in [-0.2, 0) is 34.9 Å². The van der Waals surface area contributed by atoms with Crippen LogP contribution in [0.4, 0.5) is 0 Å². The Balaban J connectivity index is 1.18. The highest BCUT2D eigenvalue weighted by Gasteiger charge is 2.50. The maximum Gasteiger partial charge on any atom is 0.302 e. The lowest BCUT2D eigenvalue weighted by Gasteiger charge is -2.43. The van der Waals surface area contributed by atoms with E-state index in [-0.39, 0.29) is 48.7 Å². The van der Waals surface area contributed by atoms with Crippen molar-refractivity contribution in [3.63, 3.8) is 0 Å². The summed E-state index contributed by atoms with van der Waals surface area (Å²) in [4.78, 5) is 60.3. The van der Waals surface area contributed by atoms with Crippen LogP contribution < -0.4 is 21.0 Å². The summed E-state index contributed by atoms with van der Waals surface area (Å²) in [6.45, 7) is 16.6. The molecule has 1 fully saturated rings. The van der Waals surface area contributed by atoms with Crippen molar-refractivity contribution in [2.45, 2.75) is 117 Å². The molecule has 2 N–H and O–H groups in total. The van der Waals surface area contributed by atoms with Crippen molar-refractivity contribution in [1.82, 2.24) is 20.5 Å². The third-order valence-electron chi connectivity index (χ3n) is 10.8. The first-order valence-electron chi connectivity index (χ1n) is 20.3. The third kappa shape index (κ3) is 10.9. The molecule has 310 valence electrons. The molecule has 10 nitrogen and oxygen atoms in total. The standard InChI is InChI=1S/C46H60N4O6SSi/c1-32-41(57-31-48-32)35-25-23-34(24-26-35)29-47-43(53)39-28-36(56-33(2)51)30-50(39)44(54)42(45(3,4)5)49-40(52)22-16-11-17-27-55-58(46(6,7)8,37-18-12-9-13-19-37)38-20-14-10-15-21-38/h9-10,12-15,18-21,23-26,31,36,39,42H,11,16-17,22,27-30H2,1-8H3,(H,47,53)(H,49,52)/t36-,39+,42?/m1/s1. The van der Waals surface area contributed by atoms with Gasteiger partial charge in [0.1, 0.15) is 18.2 Å². The minimum Gasteiger partial charge on any atom is -0.461 e. The second kappa shape index (κ2) is 19.4. The van der Waals surface area contributed by atoms with Gasteiger partial charge < -0.3 is 24.7 Å². The molecule has 1 aromatic heterocycles. The molecule has 4 aromatic rings. The number of ether oxygens (including phenoxy) is 1. The van der Waals surface area contributed by atoms with Crippen LogP contribution in [0.15, 0.2) is 90.4 Å².